The van der Waals surface area contributed by atoms with E-state index in [2.05, 4.69) is 18.6 Å². The van der Waals surface area contributed by atoms with Crippen molar-refractivity contribution in [2.45, 2.75) is 38.1 Å². The Balaban J connectivity index is 2.79. The lowest BCUT2D eigenvalue weighted by Crippen LogP contribution is -2.29. The highest BCUT2D eigenvalue weighted by Crippen LogP contribution is 2.12. The third-order valence-electron chi connectivity index (χ3n) is 3.16. The summed E-state index contributed by atoms with van der Waals surface area (Å²) in [5, 5.41) is 0. The zero-order valence-electron chi connectivity index (χ0n) is 11.0. The van der Waals surface area contributed by atoms with E-state index in [0.29, 0.717) is 19.0 Å². The summed E-state index contributed by atoms with van der Waals surface area (Å²) in [4.78, 5) is 0.288. The van der Waals surface area contributed by atoms with Crippen LogP contribution in [0.2, 0.25) is 0 Å². The molecule has 0 saturated carbocycles. The second kappa shape index (κ2) is 6.87. The van der Waals surface area contributed by atoms with E-state index in [0.717, 1.165) is 18.4 Å². The molecule has 0 unspecified atom stereocenters. The average molecular weight is 270 g/mol. The van der Waals surface area contributed by atoms with Crippen LogP contribution in [0.15, 0.2) is 29.2 Å². The molecule has 0 aliphatic rings. The van der Waals surface area contributed by atoms with Gasteiger partial charge in [-0.2, -0.15) is 0 Å². The molecule has 0 fully saturated rings. The molecule has 0 aliphatic carbocycles. The maximum atomic E-state index is 12.1. The molecule has 3 N–H and O–H groups in total. The van der Waals surface area contributed by atoms with Gasteiger partial charge in [0.2, 0.25) is 10.0 Å². The van der Waals surface area contributed by atoms with Crippen LogP contribution in [0.4, 0.5) is 0 Å². The molecule has 0 atom stereocenters. The minimum atomic E-state index is -3.41. The molecule has 102 valence electrons. The zero-order valence-corrected chi connectivity index (χ0v) is 11.8. The van der Waals surface area contributed by atoms with Crippen LogP contribution in [0.25, 0.3) is 0 Å². The summed E-state index contributed by atoms with van der Waals surface area (Å²) in [5.74, 6) is 0.387. The van der Waals surface area contributed by atoms with E-state index >= 15 is 0 Å². The number of hydrogen-bond donors (Lipinski definition) is 2. The Bertz CT molecular complexity index is 468. The van der Waals surface area contributed by atoms with Crippen molar-refractivity contribution in [3.8, 4) is 0 Å². The Morgan fingerprint density at radius 1 is 1.28 bits per heavy atom. The van der Waals surface area contributed by atoms with Crippen molar-refractivity contribution in [1.29, 1.82) is 0 Å². The number of nitrogens with two attached hydrogens (primary N) is 1. The van der Waals surface area contributed by atoms with Crippen molar-refractivity contribution in [2.75, 3.05) is 6.54 Å². The first kappa shape index (κ1) is 15.1. The number of rotatable bonds is 7. The smallest absolute Gasteiger partial charge is 0.240 e. The summed E-state index contributed by atoms with van der Waals surface area (Å²) < 4.78 is 26.8. The quantitative estimate of drug-likeness (QED) is 0.794. The molecule has 1 aromatic carbocycles. The fourth-order valence-electron chi connectivity index (χ4n) is 1.73. The molecule has 4 nitrogen and oxygen atoms in total. The molecular weight excluding hydrogens is 248 g/mol. The molecule has 1 rings (SSSR count). The monoisotopic (exact) mass is 270 g/mol. The summed E-state index contributed by atoms with van der Waals surface area (Å²) in [6, 6.07) is 6.75. The van der Waals surface area contributed by atoms with Crippen LogP contribution < -0.4 is 10.5 Å². The molecular formula is C13H22N2O2S. The van der Waals surface area contributed by atoms with Gasteiger partial charge in [-0.05, 0) is 23.6 Å². The third-order valence-corrected chi connectivity index (χ3v) is 4.58. The van der Waals surface area contributed by atoms with Crippen LogP contribution in [0.5, 0.6) is 0 Å². The molecule has 0 amide bonds. The molecule has 0 spiro atoms. The van der Waals surface area contributed by atoms with Crippen LogP contribution in [0.1, 0.15) is 32.3 Å². The molecule has 0 aromatic heterocycles. The van der Waals surface area contributed by atoms with Crippen LogP contribution in [0.3, 0.4) is 0 Å². The summed E-state index contributed by atoms with van der Waals surface area (Å²) >= 11 is 0. The largest absolute Gasteiger partial charge is 0.326 e. The van der Waals surface area contributed by atoms with E-state index in [1.807, 2.05) is 6.07 Å². The van der Waals surface area contributed by atoms with Gasteiger partial charge >= 0.3 is 0 Å². The van der Waals surface area contributed by atoms with Crippen LogP contribution >= 0.6 is 0 Å². The van der Waals surface area contributed by atoms with Gasteiger partial charge in [0.25, 0.3) is 0 Å². The van der Waals surface area contributed by atoms with Crippen molar-refractivity contribution in [1.82, 2.24) is 4.72 Å². The number of sulfonamides is 1. The number of nitrogens with one attached hydrogen (secondary N) is 1. The lowest BCUT2D eigenvalue weighted by molar-refractivity contribution is 0.479. The third kappa shape index (κ3) is 4.08. The molecule has 18 heavy (non-hydrogen) atoms. The fraction of sp³-hybridized carbons (Fsp3) is 0.538. The first-order valence-corrected chi connectivity index (χ1v) is 7.80. The van der Waals surface area contributed by atoms with Gasteiger partial charge in [-0.15, -0.1) is 0 Å². The van der Waals surface area contributed by atoms with Crippen molar-refractivity contribution < 1.29 is 8.42 Å². The maximum Gasteiger partial charge on any atom is 0.240 e. The summed E-state index contributed by atoms with van der Waals surface area (Å²) in [6.07, 6.45) is 1.95. The minimum absolute atomic E-state index is 0.288. The molecule has 0 heterocycles. The molecule has 0 saturated heterocycles. The van der Waals surface area contributed by atoms with Gasteiger partial charge in [0.1, 0.15) is 0 Å². The molecule has 5 heteroatoms. The van der Waals surface area contributed by atoms with Crippen molar-refractivity contribution >= 4 is 10.0 Å². The lowest BCUT2D eigenvalue weighted by Gasteiger charge is -2.14. The minimum Gasteiger partial charge on any atom is -0.326 e. The van der Waals surface area contributed by atoms with Gasteiger partial charge in [0.05, 0.1) is 4.90 Å². The Hall–Kier alpha value is -0.910. The van der Waals surface area contributed by atoms with Gasteiger partial charge < -0.3 is 5.73 Å². The van der Waals surface area contributed by atoms with Gasteiger partial charge in [-0.1, -0.05) is 38.8 Å². The van der Waals surface area contributed by atoms with E-state index in [1.54, 1.807) is 18.2 Å². The first-order valence-electron chi connectivity index (χ1n) is 6.32. The predicted octanol–water partition coefficient (Wildman–Crippen LogP) is 1.86. The van der Waals surface area contributed by atoms with Gasteiger partial charge in [-0.3, -0.25) is 0 Å². The van der Waals surface area contributed by atoms with E-state index in [1.165, 1.54) is 0 Å². The molecule has 0 radical (unpaired) electrons. The fourth-order valence-corrected chi connectivity index (χ4v) is 2.91. The van der Waals surface area contributed by atoms with Crippen LogP contribution in [-0.4, -0.2) is 15.0 Å². The van der Waals surface area contributed by atoms with E-state index in [9.17, 15) is 8.42 Å². The lowest BCUT2D eigenvalue weighted by atomic mass is 10.0. The zero-order chi connectivity index (χ0) is 13.6. The summed E-state index contributed by atoms with van der Waals surface area (Å²) in [7, 11) is -3.41. The average Bonchev–Trinajstić information content (AvgIpc) is 2.40. The number of benzene rings is 1. The van der Waals surface area contributed by atoms with E-state index in [-0.39, 0.29) is 4.90 Å². The Kier molecular flexibility index (Phi) is 5.78. The highest BCUT2D eigenvalue weighted by Gasteiger charge is 2.15. The van der Waals surface area contributed by atoms with Crippen LogP contribution in [0, 0.1) is 5.92 Å². The predicted molar refractivity (Wildman–Crippen MR) is 73.6 cm³/mol. The second-order valence-electron chi connectivity index (χ2n) is 4.39. The highest BCUT2D eigenvalue weighted by molar-refractivity contribution is 7.89. The standard InChI is InChI=1S/C13H22N2O2S/c1-3-11(4-2)10-15-18(16,17)13-7-5-6-12(8-13)9-14/h5-8,11,15H,3-4,9-10,14H2,1-2H3. The maximum absolute atomic E-state index is 12.1. The second-order valence-corrected chi connectivity index (χ2v) is 6.15. The Morgan fingerprint density at radius 2 is 1.94 bits per heavy atom. The molecule has 0 bridgehead atoms. The first-order chi connectivity index (χ1) is 8.53. The molecule has 0 aliphatic heterocycles. The summed E-state index contributed by atoms with van der Waals surface area (Å²) in [5.41, 5.74) is 6.33. The number of hydrogen-bond acceptors (Lipinski definition) is 3. The van der Waals surface area contributed by atoms with Gasteiger partial charge in [0.15, 0.2) is 0 Å². The van der Waals surface area contributed by atoms with Crippen molar-refractivity contribution in [3.05, 3.63) is 29.8 Å². The van der Waals surface area contributed by atoms with Gasteiger partial charge in [-0.25, -0.2) is 13.1 Å². The Labute approximate surface area is 110 Å². The van der Waals surface area contributed by atoms with Crippen molar-refractivity contribution in [2.24, 2.45) is 11.7 Å². The summed E-state index contributed by atoms with van der Waals surface area (Å²) in [6.45, 7) is 4.97. The normalized spacial score (nSPS) is 12.0. The topological polar surface area (TPSA) is 72.2 Å². The van der Waals surface area contributed by atoms with Gasteiger partial charge in [0, 0.05) is 13.1 Å². The highest BCUT2D eigenvalue weighted by atomic mass is 32.2. The molecule has 1 aromatic rings. The van der Waals surface area contributed by atoms with Crippen LogP contribution in [-0.2, 0) is 16.6 Å². The van der Waals surface area contributed by atoms with Crippen molar-refractivity contribution in [3.63, 3.8) is 0 Å². The SMILES string of the molecule is CCC(CC)CNS(=O)(=O)c1cccc(CN)c1. The Morgan fingerprint density at radius 3 is 2.50 bits per heavy atom. The van der Waals surface area contributed by atoms with E-state index < -0.39 is 10.0 Å². The van der Waals surface area contributed by atoms with E-state index in [4.69, 9.17) is 5.73 Å².